The Hall–Kier alpha value is -1.78. The molecule has 0 saturated heterocycles. The maximum absolute atomic E-state index is 11.5. The highest BCUT2D eigenvalue weighted by Crippen LogP contribution is 2.43. The number of hydrogen-bond acceptors (Lipinski definition) is 7. The smallest absolute Gasteiger partial charge is 0.324 e. The molecule has 0 fully saturated rings. The van der Waals surface area contributed by atoms with Gasteiger partial charge in [0.15, 0.2) is 9.84 Å². The van der Waals surface area contributed by atoms with Gasteiger partial charge in [0, 0.05) is 17.9 Å². The van der Waals surface area contributed by atoms with E-state index in [-0.39, 0.29) is 15.0 Å². The number of halogens is 1. The van der Waals surface area contributed by atoms with Crippen molar-refractivity contribution in [2.45, 2.75) is 4.21 Å². The van der Waals surface area contributed by atoms with Gasteiger partial charge in [0.05, 0.1) is 9.40 Å². The number of aldehydes is 1. The molecule has 0 bridgehead atoms. The fraction of sp³-hybridized carbons (Fsp3) is 0.0833. The number of nitro groups is 1. The lowest BCUT2D eigenvalue weighted by Crippen LogP contribution is -1.92. The highest BCUT2D eigenvalue weighted by atomic mass is 79.9. The van der Waals surface area contributed by atoms with Crippen molar-refractivity contribution >= 4 is 49.1 Å². The van der Waals surface area contributed by atoms with Gasteiger partial charge in [-0.2, -0.15) is 0 Å². The normalized spacial score (nSPS) is 11.2. The summed E-state index contributed by atoms with van der Waals surface area (Å²) < 4.78 is 28.7. The molecule has 22 heavy (non-hydrogen) atoms. The zero-order valence-corrected chi connectivity index (χ0v) is 14.2. The Morgan fingerprint density at radius 2 is 2.05 bits per heavy atom. The van der Waals surface area contributed by atoms with Crippen LogP contribution in [0.25, 0.3) is 0 Å². The van der Waals surface area contributed by atoms with Crippen LogP contribution in [0.15, 0.2) is 32.9 Å². The number of thiophene rings is 1. The summed E-state index contributed by atoms with van der Waals surface area (Å²) in [6.07, 6.45) is 1.60. The van der Waals surface area contributed by atoms with E-state index in [0.717, 1.165) is 12.3 Å². The van der Waals surface area contributed by atoms with Crippen molar-refractivity contribution in [2.24, 2.45) is 0 Å². The van der Waals surface area contributed by atoms with Crippen molar-refractivity contribution in [1.82, 2.24) is 0 Å². The third kappa shape index (κ3) is 3.51. The van der Waals surface area contributed by atoms with Crippen molar-refractivity contribution < 1.29 is 22.9 Å². The van der Waals surface area contributed by atoms with Crippen molar-refractivity contribution in [1.29, 1.82) is 0 Å². The summed E-state index contributed by atoms with van der Waals surface area (Å²) in [6, 6.07) is 5.38. The van der Waals surface area contributed by atoms with E-state index >= 15 is 0 Å². The molecule has 1 aromatic heterocycles. The van der Waals surface area contributed by atoms with E-state index < -0.39 is 20.4 Å². The van der Waals surface area contributed by atoms with Crippen molar-refractivity contribution in [2.75, 3.05) is 6.26 Å². The summed E-state index contributed by atoms with van der Waals surface area (Å²) in [7, 11) is -3.58. The Labute approximate surface area is 137 Å². The highest BCUT2D eigenvalue weighted by molar-refractivity contribution is 9.10. The first-order valence-electron chi connectivity index (χ1n) is 5.63. The zero-order chi connectivity index (χ0) is 16.5. The van der Waals surface area contributed by atoms with Crippen molar-refractivity contribution in [3.63, 3.8) is 0 Å². The van der Waals surface area contributed by atoms with Crippen molar-refractivity contribution in [3.05, 3.63) is 44.4 Å². The molecule has 2 rings (SSSR count). The first-order chi connectivity index (χ1) is 10.2. The van der Waals surface area contributed by atoms with Crippen LogP contribution in [-0.2, 0) is 9.84 Å². The lowest BCUT2D eigenvalue weighted by Gasteiger charge is -2.05. The van der Waals surface area contributed by atoms with Crippen LogP contribution in [0.4, 0.5) is 5.69 Å². The van der Waals surface area contributed by atoms with Gasteiger partial charge in [-0.05, 0) is 34.1 Å². The van der Waals surface area contributed by atoms with Crippen LogP contribution in [0.1, 0.15) is 10.4 Å². The molecule has 0 N–H and O–H groups in total. The molecule has 0 spiro atoms. The molecule has 0 aliphatic carbocycles. The number of sulfone groups is 1. The molecule has 0 aliphatic rings. The van der Waals surface area contributed by atoms with Gasteiger partial charge in [0.25, 0.3) is 5.06 Å². The molecule has 0 atom stereocenters. The van der Waals surface area contributed by atoms with E-state index in [2.05, 4.69) is 15.9 Å². The molecule has 0 radical (unpaired) electrons. The Kier molecular flexibility index (Phi) is 4.63. The molecule has 2 aromatic rings. The first-order valence-corrected chi connectivity index (χ1v) is 9.13. The van der Waals surface area contributed by atoms with E-state index in [1.54, 1.807) is 0 Å². The van der Waals surface area contributed by atoms with E-state index in [0.29, 0.717) is 27.7 Å². The fourth-order valence-corrected chi connectivity index (χ4v) is 3.86. The maximum atomic E-state index is 11.5. The summed E-state index contributed by atoms with van der Waals surface area (Å²) in [6.45, 7) is 0. The van der Waals surface area contributed by atoms with Gasteiger partial charge in [0.1, 0.15) is 16.2 Å². The molecule has 1 heterocycles. The number of ether oxygens (including phenoxy) is 1. The Morgan fingerprint density at radius 1 is 1.36 bits per heavy atom. The van der Waals surface area contributed by atoms with Gasteiger partial charge in [-0.3, -0.25) is 14.9 Å². The molecule has 7 nitrogen and oxygen atoms in total. The van der Waals surface area contributed by atoms with E-state index in [9.17, 15) is 23.3 Å². The SMILES string of the molecule is CS(=O)(=O)c1cc([N+](=O)[O-])c(Oc2ccc(C=O)cc2Br)s1. The van der Waals surface area contributed by atoms with E-state index in [1.807, 2.05) is 0 Å². The molecule has 0 amide bonds. The van der Waals surface area contributed by atoms with Crippen LogP contribution in [-0.4, -0.2) is 25.9 Å². The minimum atomic E-state index is -3.58. The average molecular weight is 406 g/mol. The topological polar surface area (TPSA) is 104 Å². The van der Waals surface area contributed by atoms with E-state index in [4.69, 9.17) is 4.74 Å². The van der Waals surface area contributed by atoms with Crippen LogP contribution < -0.4 is 4.74 Å². The quantitative estimate of drug-likeness (QED) is 0.428. The standard InChI is InChI=1S/C12H8BrNO6S2/c1-22(18,19)11-5-9(14(16)17)12(21-11)20-10-3-2-7(6-15)4-8(10)13/h2-6H,1H3. The van der Waals surface area contributed by atoms with Gasteiger partial charge in [0.2, 0.25) is 0 Å². The molecule has 1 aromatic carbocycles. The number of benzene rings is 1. The second-order valence-electron chi connectivity index (χ2n) is 4.18. The lowest BCUT2D eigenvalue weighted by atomic mass is 10.2. The highest BCUT2D eigenvalue weighted by Gasteiger charge is 2.26. The molecule has 10 heteroatoms. The number of rotatable bonds is 5. The number of carbonyl (C=O) groups is 1. The van der Waals surface area contributed by atoms with Gasteiger partial charge >= 0.3 is 5.69 Å². The third-order valence-corrected chi connectivity index (χ3v) is 5.94. The Morgan fingerprint density at radius 3 is 2.55 bits per heavy atom. The Balaban J connectivity index is 2.47. The monoisotopic (exact) mass is 405 g/mol. The number of carbonyl (C=O) groups excluding carboxylic acids is 1. The molecule has 0 unspecified atom stereocenters. The average Bonchev–Trinajstić information content (AvgIpc) is 2.85. The largest absolute Gasteiger partial charge is 0.439 e. The van der Waals surface area contributed by atoms with Crippen molar-refractivity contribution in [3.8, 4) is 10.8 Å². The van der Waals surface area contributed by atoms with Crippen LogP contribution >= 0.6 is 27.3 Å². The second-order valence-corrected chi connectivity index (χ2v) is 8.29. The van der Waals surface area contributed by atoms with Crippen LogP contribution in [0.2, 0.25) is 0 Å². The Bertz CT molecular complexity index is 858. The van der Waals surface area contributed by atoms with E-state index in [1.165, 1.54) is 18.2 Å². The van der Waals surface area contributed by atoms with Crippen LogP contribution in [0.5, 0.6) is 10.8 Å². The predicted molar refractivity (Wildman–Crippen MR) is 83.7 cm³/mol. The van der Waals surface area contributed by atoms with Gasteiger partial charge in [-0.15, -0.1) is 0 Å². The molecule has 0 aliphatic heterocycles. The summed E-state index contributed by atoms with van der Waals surface area (Å²) >= 11 is 3.85. The number of hydrogen-bond donors (Lipinski definition) is 0. The molecular formula is C12H8BrNO6S2. The second kappa shape index (κ2) is 6.15. The van der Waals surface area contributed by atoms with Crippen LogP contribution in [0, 0.1) is 10.1 Å². The summed E-state index contributed by atoms with van der Waals surface area (Å²) in [5.74, 6) is 0.232. The van der Waals surface area contributed by atoms with Gasteiger partial charge in [-0.1, -0.05) is 11.3 Å². The minimum Gasteiger partial charge on any atom is -0.439 e. The molecule has 0 saturated carbocycles. The predicted octanol–water partition coefficient (Wildman–Crippen LogP) is 3.43. The van der Waals surface area contributed by atoms with Gasteiger partial charge < -0.3 is 4.74 Å². The first kappa shape index (κ1) is 16.6. The molecular weight excluding hydrogens is 398 g/mol. The van der Waals surface area contributed by atoms with Gasteiger partial charge in [-0.25, -0.2) is 8.42 Å². The summed E-state index contributed by atoms with van der Waals surface area (Å²) in [5.41, 5.74) is -0.0338. The molecule has 116 valence electrons. The van der Waals surface area contributed by atoms with Crippen LogP contribution in [0.3, 0.4) is 0 Å². The third-order valence-electron chi connectivity index (χ3n) is 2.51. The minimum absolute atomic E-state index is 0.148. The summed E-state index contributed by atoms with van der Waals surface area (Å²) in [5, 5.41) is 10.9. The fourth-order valence-electron chi connectivity index (χ4n) is 1.50. The zero-order valence-electron chi connectivity index (χ0n) is 11.0. The lowest BCUT2D eigenvalue weighted by molar-refractivity contribution is -0.385. The maximum Gasteiger partial charge on any atom is 0.324 e. The summed E-state index contributed by atoms with van der Waals surface area (Å²) in [4.78, 5) is 21.0. The number of nitrogens with zero attached hydrogens (tertiary/aromatic N) is 1.